The van der Waals surface area contributed by atoms with Crippen LogP contribution in [0.3, 0.4) is 0 Å². The molecule has 1 heterocycles. The summed E-state index contributed by atoms with van der Waals surface area (Å²) in [6.45, 7) is 0. The topological polar surface area (TPSA) is 88.7 Å². The fourth-order valence-electron chi connectivity index (χ4n) is 2.92. The van der Waals surface area contributed by atoms with Gasteiger partial charge >= 0.3 is 0 Å². The van der Waals surface area contributed by atoms with Crippen molar-refractivity contribution in [1.29, 1.82) is 0 Å². The monoisotopic (exact) mass is 401 g/mol. The van der Waals surface area contributed by atoms with Crippen LogP contribution in [0.2, 0.25) is 0 Å². The van der Waals surface area contributed by atoms with E-state index in [0.29, 0.717) is 23.6 Å². The number of nitrogens with one attached hydrogen (secondary N) is 3. The first-order chi connectivity index (χ1) is 13.6. The van der Waals surface area contributed by atoms with Gasteiger partial charge in [-0.15, -0.1) is 11.8 Å². The van der Waals surface area contributed by atoms with E-state index in [1.54, 1.807) is 25.3 Å². The predicted octanol–water partition coefficient (Wildman–Crippen LogP) is 2.51. The molecule has 28 heavy (non-hydrogen) atoms. The normalized spacial score (nSPS) is 18.9. The number of methoxy groups -OCH3 is 2. The maximum atomic E-state index is 12.4. The van der Waals surface area contributed by atoms with Crippen molar-refractivity contribution in [1.82, 2.24) is 10.6 Å². The van der Waals surface area contributed by atoms with Crippen molar-refractivity contribution in [3.63, 3.8) is 0 Å². The smallest absolute Gasteiger partial charge is 0.234 e. The Morgan fingerprint density at radius 3 is 2.68 bits per heavy atom. The predicted molar refractivity (Wildman–Crippen MR) is 110 cm³/mol. The van der Waals surface area contributed by atoms with Crippen LogP contribution in [0.15, 0.2) is 48.5 Å². The molecule has 0 aliphatic carbocycles. The summed E-state index contributed by atoms with van der Waals surface area (Å²) in [6.07, 6.45) is 0.369. The molecular weight excluding hydrogens is 378 g/mol. The van der Waals surface area contributed by atoms with Crippen LogP contribution < -0.4 is 25.4 Å². The standard InChI is InChI=1S/C20H23N3O4S/c1-26-14-8-9-17(27-2)16(10-14)21-19(25)12-28-20-22-15(11-18(24)23-20)13-6-4-3-5-7-13/h3-10,15,20,22H,11-12H2,1-2H3,(H,21,25)(H,23,24). The maximum Gasteiger partial charge on any atom is 0.234 e. The van der Waals surface area contributed by atoms with Gasteiger partial charge in [0.2, 0.25) is 11.8 Å². The molecule has 3 N–H and O–H groups in total. The highest BCUT2D eigenvalue weighted by Crippen LogP contribution is 2.29. The molecule has 2 atom stereocenters. The summed E-state index contributed by atoms with van der Waals surface area (Å²) in [5.41, 5.74) is 1.24. The summed E-state index contributed by atoms with van der Waals surface area (Å²) >= 11 is 1.32. The molecule has 2 unspecified atom stereocenters. The number of anilines is 1. The number of hydrogen-bond donors (Lipinski definition) is 3. The third-order valence-electron chi connectivity index (χ3n) is 4.30. The van der Waals surface area contributed by atoms with E-state index in [1.165, 1.54) is 18.9 Å². The fraction of sp³-hybridized carbons (Fsp3) is 0.300. The highest BCUT2D eigenvalue weighted by atomic mass is 32.2. The first-order valence-electron chi connectivity index (χ1n) is 8.83. The molecule has 1 fully saturated rings. The Morgan fingerprint density at radius 2 is 1.96 bits per heavy atom. The summed E-state index contributed by atoms with van der Waals surface area (Å²) in [7, 11) is 3.10. The number of benzene rings is 2. The molecule has 0 bridgehead atoms. The van der Waals surface area contributed by atoms with Crippen molar-refractivity contribution >= 4 is 29.3 Å². The third kappa shape index (κ3) is 5.17. The van der Waals surface area contributed by atoms with E-state index in [2.05, 4.69) is 16.0 Å². The van der Waals surface area contributed by atoms with Crippen LogP contribution >= 0.6 is 11.8 Å². The van der Waals surface area contributed by atoms with Gasteiger partial charge in [-0.1, -0.05) is 30.3 Å². The zero-order valence-electron chi connectivity index (χ0n) is 15.7. The molecule has 1 aliphatic heterocycles. The van der Waals surface area contributed by atoms with Gasteiger partial charge < -0.3 is 20.1 Å². The van der Waals surface area contributed by atoms with E-state index < -0.39 is 0 Å². The summed E-state index contributed by atoms with van der Waals surface area (Å²) in [4.78, 5) is 24.4. The van der Waals surface area contributed by atoms with Gasteiger partial charge in [-0.3, -0.25) is 14.9 Å². The van der Waals surface area contributed by atoms with Crippen molar-refractivity contribution in [2.75, 3.05) is 25.3 Å². The van der Waals surface area contributed by atoms with Gasteiger partial charge in [-0.25, -0.2) is 0 Å². The Bertz CT molecular complexity index is 831. The summed E-state index contributed by atoms with van der Waals surface area (Å²) in [5.74, 6) is 1.09. The van der Waals surface area contributed by atoms with Crippen LogP contribution in [0.25, 0.3) is 0 Å². The van der Waals surface area contributed by atoms with E-state index in [9.17, 15) is 9.59 Å². The van der Waals surface area contributed by atoms with Crippen LogP contribution in [0.5, 0.6) is 11.5 Å². The van der Waals surface area contributed by atoms with Crippen LogP contribution in [0, 0.1) is 0 Å². The minimum Gasteiger partial charge on any atom is -0.497 e. The zero-order valence-corrected chi connectivity index (χ0v) is 16.5. The Morgan fingerprint density at radius 1 is 1.18 bits per heavy atom. The zero-order chi connectivity index (χ0) is 19.9. The molecule has 2 aromatic rings. The average molecular weight is 401 g/mol. The number of rotatable bonds is 7. The molecule has 0 spiro atoms. The van der Waals surface area contributed by atoms with Crippen molar-refractivity contribution in [2.45, 2.75) is 18.0 Å². The van der Waals surface area contributed by atoms with E-state index in [-0.39, 0.29) is 29.1 Å². The SMILES string of the molecule is COc1ccc(OC)c(NC(=O)CSC2NC(=O)CC(c3ccccc3)N2)c1. The minimum absolute atomic E-state index is 0.0417. The fourth-order valence-corrected chi connectivity index (χ4v) is 3.79. The van der Waals surface area contributed by atoms with E-state index in [1.807, 2.05) is 30.3 Å². The van der Waals surface area contributed by atoms with Gasteiger partial charge in [-0.05, 0) is 17.7 Å². The second kappa shape index (κ2) is 9.48. The number of thioether (sulfide) groups is 1. The van der Waals surface area contributed by atoms with E-state index in [0.717, 1.165) is 5.56 Å². The molecule has 0 saturated carbocycles. The second-order valence-corrected chi connectivity index (χ2v) is 7.30. The molecule has 0 aromatic heterocycles. The van der Waals surface area contributed by atoms with Gasteiger partial charge in [0.05, 0.1) is 25.7 Å². The summed E-state index contributed by atoms with van der Waals surface area (Å²) in [5, 5.41) is 9.06. The van der Waals surface area contributed by atoms with Crippen molar-refractivity contribution in [3.8, 4) is 11.5 Å². The Labute approximate surface area is 168 Å². The molecule has 1 saturated heterocycles. The van der Waals surface area contributed by atoms with Gasteiger partial charge in [0.1, 0.15) is 17.0 Å². The molecule has 0 radical (unpaired) electrons. The van der Waals surface area contributed by atoms with Crippen LogP contribution in [0.4, 0.5) is 5.69 Å². The molecule has 1 aliphatic rings. The Hall–Kier alpha value is -2.71. The van der Waals surface area contributed by atoms with Gasteiger partial charge in [0.25, 0.3) is 0 Å². The molecule has 2 amide bonds. The first kappa shape index (κ1) is 20.0. The third-order valence-corrected chi connectivity index (χ3v) is 5.31. The van der Waals surface area contributed by atoms with Gasteiger partial charge in [-0.2, -0.15) is 0 Å². The van der Waals surface area contributed by atoms with Crippen LogP contribution in [0.1, 0.15) is 18.0 Å². The van der Waals surface area contributed by atoms with E-state index >= 15 is 0 Å². The number of hydrogen-bond acceptors (Lipinski definition) is 6. The van der Waals surface area contributed by atoms with E-state index in [4.69, 9.17) is 9.47 Å². The molecule has 2 aromatic carbocycles. The van der Waals surface area contributed by atoms with Crippen molar-refractivity contribution < 1.29 is 19.1 Å². The van der Waals surface area contributed by atoms with Crippen molar-refractivity contribution in [2.24, 2.45) is 0 Å². The van der Waals surface area contributed by atoms with Crippen molar-refractivity contribution in [3.05, 3.63) is 54.1 Å². The van der Waals surface area contributed by atoms with Gasteiger partial charge in [0, 0.05) is 18.5 Å². The van der Waals surface area contributed by atoms with Crippen LogP contribution in [-0.2, 0) is 9.59 Å². The molecule has 148 valence electrons. The van der Waals surface area contributed by atoms with Gasteiger partial charge in [0.15, 0.2) is 0 Å². The van der Waals surface area contributed by atoms with Crippen LogP contribution in [-0.4, -0.2) is 37.3 Å². The molecule has 3 rings (SSSR count). The first-order valence-corrected chi connectivity index (χ1v) is 9.87. The quantitative estimate of drug-likeness (QED) is 0.661. The molecule has 8 heteroatoms. The lowest BCUT2D eigenvalue weighted by atomic mass is 10.0. The summed E-state index contributed by atoms with van der Waals surface area (Å²) < 4.78 is 10.5. The Balaban J connectivity index is 1.57. The largest absolute Gasteiger partial charge is 0.497 e. The highest BCUT2D eigenvalue weighted by molar-refractivity contribution is 8.00. The Kier molecular flexibility index (Phi) is 6.78. The number of ether oxygens (including phenoxy) is 2. The minimum atomic E-state index is -0.343. The molecular formula is C20H23N3O4S. The summed E-state index contributed by atoms with van der Waals surface area (Å²) in [6, 6.07) is 14.9. The maximum absolute atomic E-state index is 12.4. The lowest BCUT2D eigenvalue weighted by Crippen LogP contribution is -2.51. The lowest BCUT2D eigenvalue weighted by Gasteiger charge is -2.31. The number of carbonyl (C=O) groups excluding carboxylic acids is 2. The highest BCUT2D eigenvalue weighted by Gasteiger charge is 2.27. The average Bonchev–Trinajstić information content (AvgIpc) is 2.72. The molecule has 7 nitrogen and oxygen atoms in total. The number of amides is 2. The lowest BCUT2D eigenvalue weighted by molar-refractivity contribution is -0.123. The second-order valence-electron chi connectivity index (χ2n) is 6.21. The number of carbonyl (C=O) groups is 2.